The van der Waals surface area contributed by atoms with Gasteiger partial charge >= 0.3 is 12.0 Å². The molecule has 192 valence electrons. The maximum atomic E-state index is 14.4. The van der Waals surface area contributed by atoms with Gasteiger partial charge < -0.3 is 19.3 Å². The Labute approximate surface area is 205 Å². The quantitative estimate of drug-likeness (QED) is 0.464. The Hall–Kier alpha value is -3.64. The number of rotatable bonds is 9. The van der Waals surface area contributed by atoms with E-state index in [0.29, 0.717) is 46.7 Å². The summed E-state index contributed by atoms with van der Waals surface area (Å²) in [5, 5.41) is 21.3. The molecule has 1 aliphatic carbocycles. The summed E-state index contributed by atoms with van der Waals surface area (Å²) in [5.41, 5.74) is 2.85. The van der Waals surface area contributed by atoms with Gasteiger partial charge in [-0.05, 0) is 42.5 Å². The minimum atomic E-state index is -2.98. The molecule has 1 atom stereocenters. The maximum absolute atomic E-state index is 14.4. The third kappa shape index (κ3) is 5.14. The Morgan fingerprint density at radius 2 is 2.11 bits per heavy atom. The zero-order chi connectivity index (χ0) is 25.4. The molecule has 3 aromatic heterocycles. The summed E-state index contributed by atoms with van der Waals surface area (Å²) >= 11 is 0. The molecule has 2 aliphatic rings. The minimum absolute atomic E-state index is 0.0859. The van der Waals surface area contributed by atoms with E-state index in [1.165, 1.54) is 0 Å². The first-order valence-electron chi connectivity index (χ1n) is 11.9. The average Bonchev–Trinajstić information content (AvgIpc) is 3.45. The number of aryl methyl sites for hydroxylation is 2. The number of piperidine rings is 1. The van der Waals surface area contributed by atoms with Crippen LogP contribution in [0.15, 0.2) is 16.7 Å². The zero-order valence-electron chi connectivity index (χ0n) is 20.0. The van der Waals surface area contributed by atoms with Gasteiger partial charge in [-0.15, -0.1) is 5.10 Å². The number of aromatic nitrogens is 6. The lowest BCUT2D eigenvalue weighted by molar-refractivity contribution is -0.139. The first-order valence-corrected chi connectivity index (χ1v) is 11.9. The second-order valence-electron chi connectivity index (χ2n) is 9.41. The Bertz CT molecular complexity index is 1260. The van der Waals surface area contributed by atoms with Crippen LogP contribution in [0.5, 0.6) is 6.01 Å². The predicted octanol–water partition coefficient (Wildman–Crippen LogP) is 3.22. The Morgan fingerprint density at radius 3 is 2.83 bits per heavy atom. The van der Waals surface area contributed by atoms with Crippen molar-refractivity contribution in [3.8, 4) is 17.4 Å². The van der Waals surface area contributed by atoms with Crippen LogP contribution in [0.25, 0.3) is 11.4 Å². The molecule has 0 bridgehead atoms. The Balaban J connectivity index is 1.37. The standard InChI is InChI=1S/C23H27F2N7O4/c1-3-15-17(32-10-13(8-19(33)34)9-23(24,25)12-32)7-6-16(26-15)20-18(31(2)30-28-20)11-35-22-27-21(36-29-22)14-4-5-14/h6-7,13-14H,3-5,8-12H2,1-2H3,(H,33,34)/t13-/m1/s1. The fourth-order valence-electron chi connectivity index (χ4n) is 4.59. The van der Waals surface area contributed by atoms with Gasteiger partial charge in [-0.2, -0.15) is 4.98 Å². The van der Waals surface area contributed by atoms with Gasteiger partial charge in [-0.3, -0.25) is 4.79 Å². The van der Waals surface area contributed by atoms with Gasteiger partial charge in [-0.25, -0.2) is 18.4 Å². The van der Waals surface area contributed by atoms with E-state index in [-0.39, 0.29) is 25.6 Å². The summed E-state index contributed by atoms with van der Waals surface area (Å²) in [7, 11) is 1.73. The van der Waals surface area contributed by atoms with E-state index in [1.807, 2.05) is 6.92 Å². The first-order chi connectivity index (χ1) is 17.2. The number of carboxylic acids is 1. The molecule has 0 radical (unpaired) electrons. The number of pyridine rings is 1. The van der Waals surface area contributed by atoms with Gasteiger partial charge in [0, 0.05) is 25.9 Å². The molecule has 4 heterocycles. The maximum Gasteiger partial charge on any atom is 0.354 e. The molecule has 0 unspecified atom stereocenters. The van der Waals surface area contributed by atoms with E-state index in [1.54, 1.807) is 28.8 Å². The van der Waals surface area contributed by atoms with Gasteiger partial charge in [0.05, 0.1) is 30.0 Å². The van der Waals surface area contributed by atoms with Crippen molar-refractivity contribution in [3.05, 3.63) is 29.4 Å². The number of hydrogen-bond donors (Lipinski definition) is 1. The van der Waals surface area contributed by atoms with Crippen LogP contribution >= 0.6 is 0 Å². The number of halogens is 2. The van der Waals surface area contributed by atoms with E-state index in [4.69, 9.17) is 19.4 Å². The summed E-state index contributed by atoms with van der Waals surface area (Å²) in [6, 6.07) is 3.59. The molecule has 1 N–H and O–H groups in total. The number of hydrogen-bond acceptors (Lipinski definition) is 9. The van der Waals surface area contributed by atoms with E-state index in [9.17, 15) is 13.6 Å². The van der Waals surface area contributed by atoms with Crippen LogP contribution in [0.4, 0.5) is 14.5 Å². The molecule has 36 heavy (non-hydrogen) atoms. The lowest BCUT2D eigenvalue weighted by atomic mass is 9.91. The van der Waals surface area contributed by atoms with Gasteiger partial charge in [0.2, 0.25) is 5.89 Å². The Morgan fingerprint density at radius 1 is 1.31 bits per heavy atom. The molecule has 2 fully saturated rings. The van der Waals surface area contributed by atoms with Crippen molar-refractivity contribution < 1.29 is 27.9 Å². The highest BCUT2D eigenvalue weighted by Gasteiger charge is 2.41. The summed E-state index contributed by atoms with van der Waals surface area (Å²) < 4.78 is 41.4. The normalized spacial score (nSPS) is 19.4. The van der Waals surface area contributed by atoms with Crippen molar-refractivity contribution in [2.24, 2.45) is 13.0 Å². The third-order valence-corrected chi connectivity index (χ3v) is 6.45. The van der Waals surface area contributed by atoms with Crippen molar-refractivity contribution in [1.29, 1.82) is 0 Å². The molecule has 1 saturated heterocycles. The second-order valence-corrected chi connectivity index (χ2v) is 9.41. The summed E-state index contributed by atoms with van der Waals surface area (Å²) in [6.07, 6.45) is 1.83. The van der Waals surface area contributed by atoms with Crippen LogP contribution in [0.1, 0.15) is 55.8 Å². The highest BCUT2D eigenvalue weighted by Crippen LogP contribution is 2.39. The van der Waals surface area contributed by atoms with E-state index in [0.717, 1.165) is 12.8 Å². The summed E-state index contributed by atoms with van der Waals surface area (Å²) in [5.74, 6) is -3.81. The van der Waals surface area contributed by atoms with E-state index in [2.05, 4.69) is 20.5 Å². The third-order valence-electron chi connectivity index (χ3n) is 6.45. The molecule has 0 spiro atoms. The largest absolute Gasteiger partial charge is 0.481 e. The lowest BCUT2D eigenvalue weighted by Gasteiger charge is -2.39. The van der Waals surface area contributed by atoms with Crippen LogP contribution in [0.3, 0.4) is 0 Å². The Kier molecular flexibility index (Phi) is 6.31. The number of anilines is 1. The highest BCUT2D eigenvalue weighted by atomic mass is 19.3. The number of ether oxygens (including phenoxy) is 1. The molecule has 11 nitrogen and oxygen atoms in total. The van der Waals surface area contributed by atoms with Crippen LogP contribution in [-0.4, -0.2) is 60.2 Å². The number of carboxylic acid groups (broad SMARTS) is 1. The average molecular weight is 504 g/mol. The van der Waals surface area contributed by atoms with Crippen LogP contribution in [0.2, 0.25) is 0 Å². The van der Waals surface area contributed by atoms with Crippen molar-refractivity contribution in [2.45, 2.75) is 57.5 Å². The number of aliphatic carboxylic acids is 1. The van der Waals surface area contributed by atoms with Crippen molar-refractivity contribution >= 4 is 11.7 Å². The summed E-state index contributed by atoms with van der Waals surface area (Å²) in [6.45, 7) is 1.73. The topological polar surface area (TPSA) is 132 Å². The molecular formula is C23H27F2N7O4. The van der Waals surface area contributed by atoms with Crippen LogP contribution in [-0.2, 0) is 24.9 Å². The van der Waals surface area contributed by atoms with Crippen molar-refractivity contribution in [1.82, 2.24) is 30.1 Å². The number of carbonyl (C=O) groups is 1. The monoisotopic (exact) mass is 503 g/mol. The van der Waals surface area contributed by atoms with Gasteiger partial charge in [0.15, 0.2) is 0 Å². The summed E-state index contributed by atoms with van der Waals surface area (Å²) in [4.78, 5) is 21.7. The molecule has 0 aromatic carbocycles. The predicted molar refractivity (Wildman–Crippen MR) is 122 cm³/mol. The molecule has 1 aliphatic heterocycles. The number of nitrogens with zero attached hydrogens (tertiary/aromatic N) is 7. The number of alkyl halides is 2. The fourth-order valence-corrected chi connectivity index (χ4v) is 4.59. The van der Waals surface area contributed by atoms with Gasteiger partial charge in [0.1, 0.15) is 18.0 Å². The molecule has 13 heteroatoms. The van der Waals surface area contributed by atoms with Crippen molar-refractivity contribution in [2.75, 3.05) is 18.0 Å². The first kappa shape index (κ1) is 24.1. The second kappa shape index (κ2) is 9.43. The van der Waals surface area contributed by atoms with Crippen LogP contribution < -0.4 is 9.64 Å². The van der Waals surface area contributed by atoms with E-state index >= 15 is 0 Å². The molecular weight excluding hydrogens is 476 g/mol. The smallest absolute Gasteiger partial charge is 0.354 e. The molecule has 1 saturated carbocycles. The SMILES string of the molecule is CCc1nc(-c2nnn(C)c2COc2noc(C3CC3)n2)ccc1N1C[C@H](CC(=O)O)CC(F)(F)C1. The van der Waals surface area contributed by atoms with E-state index < -0.39 is 30.8 Å². The zero-order valence-corrected chi connectivity index (χ0v) is 20.0. The van der Waals surface area contributed by atoms with Gasteiger partial charge in [-0.1, -0.05) is 12.1 Å². The van der Waals surface area contributed by atoms with Crippen LogP contribution in [0, 0.1) is 5.92 Å². The lowest BCUT2D eigenvalue weighted by Crippen LogP contribution is -2.48. The molecule has 3 aromatic rings. The fraction of sp³-hybridized carbons (Fsp3) is 0.565. The highest BCUT2D eigenvalue weighted by molar-refractivity contribution is 5.67. The molecule has 5 rings (SSSR count). The molecule has 0 amide bonds. The minimum Gasteiger partial charge on any atom is -0.481 e. The van der Waals surface area contributed by atoms with Gasteiger partial charge in [0.25, 0.3) is 5.92 Å². The van der Waals surface area contributed by atoms with Crippen molar-refractivity contribution in [3.63, 3.8) is 0 Å².